The Labute approximate surface area is 160 Å². The van der Waals surface area contributed by atoms with Crippen LogP contribution in [0.1, 0.15) is 6.42 Å². The van der Waals surface area contributed by atoms with E-state index in [-0.39, 0.29) is 24.0 Å². The van der Waals surface area contributed by atoms with Crippen LogP contribution in [0.2, 0.25) is 0 Å². The highest BCUT2D eigenvalue weighted by atomic mass is 16.5. The number of β-lactam (4-membered cyclic amide) rings is 1. The predicted molar refractivity (Wildman–Crippen MR) is 97.3 cm³/mol. The van der Waals surface area contributed by atoms with Crippen molar-refractivity contribution in [2.75, 3.05) is 25.2 Å². The second-order valence-electron chi connectivity index (χ2n) is 6.68. The number of anilines is 1. The summed E-state index contributed by atoms with van der Waals surface area (Å²) in [5.41, 5.74) is 6.46. The molecule has 0 unspecified atom stereocenters. The molecule has 3 aliphatic rings. The van der Waals surface area contributed by atoms with Crippen LogP contribution in [0.25, 0.3) is 0 Å². The van der Waals surface area contributed by atoms with Gasteiger partial charge >= 0.3 is 5.97 Å². The van der Waals surface area contributed by atoms with Gasteiger partial charge in [0.25, 0.3) is 5.91 Å². The minimum absolute atomic E-state index is 0.00535. The van der Waals surface area contributed by atoms with Crippen LogP contribution in [0.5, 0.6) is 5.75 Å². The van der Waals surface area contributed by atoms with Gasteiger partial charge in [0.05, 0.1) is 18.8 Å². The highest BCUT2D eigenvalue weighted by Gasteiger charge is 2.52. The number of amides is 2. The number of benzene rings is 1. The largest absolute Gasteiger partial charge is 0.495 e. The summed E-state index contributed by atoms with van der Waals surface area (Å²) >= 11 is 0. The SMILES string of the molecule is COc1ccccc1N1CC/C(=C\C2=C(C(=O)O)N3C(=O)[C@@H](N)[C@H]3CO2)C1=O. The van der Waals surface area contributed by atoms with E-state index >= 15 is 0 Å². The average molecular weight is 385 g/mol. The molecule has 1 aromatic rings. The first-order valence-electron chi connectivity index (χ1n) is 8.78. The second kappa shape index (κ2) is 6.68. The first-order chi connectivity index (χ1) is 13.4. The summed E-state index contributed by atoms with van der Waals surface area (Å²) in [5.74, 6) is -1.47. The van der Waals surface area contributed by atoms with Gasteiger partial charge in [-0.1, -0.05) is 12.1 Å². The molecule has 3 heterocycles. The Balaban J connectivity index is 1.66. The van der Waals surface area contributed by atoms with Gasteiger partial charge in [-0.25, -0.2) is 4.79 Å². The number of carbonyl (C=O) groups is 3. The summed E-state index contributed by atoms with van der Waals surface area (Å²) in [6.45, 7) is 0.518. The Bertz CT molecular complexity index is 937. The highest BCUT2D eigenvalue weighted by molar-refractivity contribution is 6.09. The molecule has 3 N–H and O–H groups in total. The van der Waals surface area contributed by atoms with Gasteiger partial charge in [0, 0.05) is 12.1 Å². The third kappa shape index (κ3) is 2.63. The lowest BCUT2D eigenvalue weighted by molar-refractivity contribution is -0.156. The van der Waals surface area contributed by atoms with Gasteiger partial charge in [-0.2, -0.15) is 0 Å². The number of nitrogens with zero attached hydrogens (tertiary/aromatic N) is 2. The van der Waals surface area contributed by atoms with E-state index in [1.807, 2.05) is 6.07 Å². The molecule has 2 saturated heterocycles. The lowest BCUT2D eigenvalue weighted by atomic mass is 9.93. The maximum Gasteiger partial charge on any atom is 0.356 e. The maximum absolute atomic E-state index is 12.9. The van der Waals surface area contributed by atoms with Crippen LogP contribution >= 0.6 is 0 Å². The van der Waals surface area contributed by atoms with Crippen molar-refractivity contribution >= 4 is 23.5 Å². The number of para-hydroxylation sites is 2. The molecule has 9 heteroatoms. The van der Waals surface area contributed by atoms with Crippen molar-refractivity contribution in [3.63, 3.8) is 0 Å². The Kier molecular flexibility index (Phi) is 4.31. The molecule has 0 saturated carbocycles. The second-order valence-corrected chi connectivity index (χ2v) is 6.68. The molecule has 0 aromatic heterocycles. The number of carboxylic acid groups (broad SMARTS) is 1. The number of hydrogen-bond donors (Lipinski definition) is 2. The van der Waals surface area contributed by atoms with Crippen LogP contribution in [-0.4, -0.2) is 60.1 Å². The minimum Gasteiger partial charge on any atom is -0.495 e. The molecule has 146 valence electrons. The van der Waals surface area contributed by atoms with Crippen LogP contribution in [0.4, 0.5) is 5.69 Å². The van der Waals surface area contributed by atoms with Crippen molar-refractivity contribution in [1.29, 1.82) is 0 Å². The van der Waals surface area contributed by atoms with Crippen LogP contribution in [0, 0.1) is 0 Å². The standard InChI is InChI=1S/C19H19N3O6/c1-27-13-5-3-2-4-11(13)21-7-6-10(17(21)23)8-14-16(19(25)26)22-12(9-28-14)15(20)18(22)24/h2-5,8,12,15H,6-7,9,20H2,1H3,(H,25,26)/b10-8+/t12-,15+/m1/s1. The zero-order valence-electron chi connectivity index (χ0n) is 15.1. The molecule has 9 nitrogen and oxygen atoms in total. The fourth-order valence-electron chi connectivity index (χ4n) is 3.69. The third-order valence-corrected chi connectivity index (χ3v) is 5.16. The van der Waals surface area contributed by atoms with E-state index < -0.39 is 24.0 Å². The van der Waals surface area contributed by atoms with Gasteiger partial charge in [-0.05, 0) is 24.6 Å². The molecule has 2 fully saturated rings. The van der Waals surface area contributed by atoms with Gasteiger partial charge in [0.2, 0.25) is 5.91 Å². The van der Waals surface area contributed by atoms with Crippen molar-refractivity contribution in [2.45, 2.75) is 18.5 Å². The van der Waals surface area contributed by atoms with Gasteiger partial charge in [-0.15, -0.1) is 0 Å². The number of ether oxygens (including phenoxy) is 2. The summed E-state index contributed by atoms with van der Waals surface area (Å²) in [7, 11) is 1.53. The van der Waals surface area contributed by atoms with Gasteiger partial charge in [0.15, 0.2) is 11.5 Å². The molecule has 0 bridgehead atoms. The number of nitrogens with two attached hydrogens (primary N) is 1. The summed E-state index contributed by atoms with van der Waals surface area (Å²) in [6, 6.07) is 5.90. The Morgan fingerprint density at radius 3 is 2.82 bits per heavy atom. The fraction of sp³-hybridized carbons (Fsp3) is 0.316. The van der Waals surface area contributed by atoms with Gasteiger partial charge in [0.1, 0.15) is 18.4 Å². The van der Waals surface area contributed by atoms with Crippen molar-refractivity contribution in [2.24, 2.45) is 5.73 Å². The van der Waals surface area contributed by atoms with Crippen molar-refractivity contribution in [3.8, 4) is 5.75 Å². The quantitative estimate of drug-likeness (QED) is 0.562. The minimum atomic E-state index is -1.30. The molecule has 2 amide bonds. The molecular formula is C19H19N3O6. The lowest BCUT2D eigenvalue weighted by Crippen LogP contribution is -2.71. The number of methoxy groups -OCH3 is 1. The van der Waals surface area contributed by atoms with E-state index in [0.717, 1.165) is 4.90 Å². The van der Waals surface area contributed by atoms with Crippen LogP contribution in [-0.2, 0) is 19.1 Å². The molecule has 1 aromatic carbocycles. The molecule has 2 atom stereocenters. The number of carboxylic acids is 1. The van der Waals surface area contributed by atoms with Crippen LogP contribution in [0.3, 0.4) is 0 Å². The van der Waals surface area contributed by atoms with Crippen LogP contribution in [0.15, 0.2) is 47.4 Å². The Morgan fingerprint density at radius 1 is 1.36 bits per heavy atom. The first kappa shape index (κ1) is 18.1. The van der Waals surface area contributed by atoms with Crippen molar-refractivity contribution in [1.82, 2.24) is 4.90 Å². The molecule has 0 aliphatic carbocycles. The van der Waals surface area contributed by atoms with E-state index in [4.69, 9.17) is 15.2 Å². The number of allylic oxidation sites excluding steroid dienone is 1. The van der Waals surface area contributed by atoms with Crippen molar-refractivity contribution in [3.05, 3.63) is 47.4 Å². The highest BCUT2D eigenvalue weighted by Crippen LogP contribution is 2.35. The normalized spacial score (nSPS) is 25.6. The zero-order valence-corrected chi connectivity index (χ0v) is 15.1. The van der Waals surface area contributed by atoms with Crippen molar-refractivity contribution < 1.29 is 29.0 Å². The maximum atomic E-state index is 12.9. The van der Waals surface area contributed by atoms with E-state index in [1.165, 1.54) is 13.2 Å². The number of carbonyl (C=O) groups excluding carboxylic acids is 2. The molecular weight excluding hydrogens is 366 g/mol. The predicted octanol–water partition coefficient (Wildman–Crippen LogP) is 0.223. The molecule has 3 aliphatic heterocycles. The monoisotopic (exact) mass is 385 g/mol. The Morgan fingerprint density at radius 2 is 2.11 bits per heavy atom. The topological polar surface area (TPSA) is 122 Å². The van der Waals surface area contributed by atoms with E-state index in [1.54, 1.807) is 23.1 Å². The van der Waals surface area contributed by atoms with Gasteiger partial charge in [-0.3, -0.25) is 14.5 Å². The smallest absolute Gasteiger partial charge is 0.356 e. The summed E-state index contributed by atoms with van der Waals surface area (Å²) in [6.07, 6.45) is 1.82. The average Bonchev–Trinajstić information content (AvgIpc) is 3.06. The fourth-order valence-corrected chi connectivity index (χ4v) is 3.69. The number of fused-ring (bicyclic) bond motifs is 1. The van der Waals surface area contributed by atoms with E-state index in [2.05, 4.69) is 0 Å². The van der Waals surface area contributed by atoms with E-state index in [0.29, 0.717) is 30.0 Å². The summed E-state index contributed by atoms with van der Waals surface area (Å²) in [4.78, 5) is 39.3. The Hall–Kier alpha value is -3.33. The number of hydrogen-bond acceptors (Lipinski definition) is 6. The molecule has 4 rings (SSSR count). The van der Waals surface area contributed by atoms with Crippen LogP contribution < -0.4 is 15.4 Å². The third-order valence-electron chi connectivity index (χ3n) is 5.16. The van der Waals surface area contributed by atoms with E-state index in [9.17, 15) is 19.5 Å². The first-order valence-corrected chi connectivity index (χ1v) is 8.78. The van der Waals surface area contributed by atoms with Gasteiger partial charge < -0.3 is 25.2 Å². The summed E-state index contributed by atoms with van der Waals surface area (Å²) in [5, 5.41) is 9.56. The zero-order chi connectivity index (χ0) is 20.0. The molecule has 0 radical (unpaired) electrons. The lowest BCUT2D eigenvalue weighted by Gasteiger charge is -2.47. The number of aliphatic carboxylic acids is 1. The summed E-state index contributed by atoms with van der Waals surface area (Å²) < 4.78 is 10.9. The molecule has 0 spiro atoms. The number of rotatable bonds is 4. The molecule has 28 heavy (non-hydrogen) atoms.